The van der Waals surface area contributed by atoms with Crippen LogP contribution in [0.25, 0.3) is 0 Å². The summed E-state index contributed by atoms with van der Waals surface area (Å²) in [5.74, 6) is 2.52. The Morgan fingerprint density at radius 1 is 1.38 bits per heavy atom. The molecule has 1 aliphatic rings. The minimum absolute atomic E-state index is 0.174. The first-order chi connectivity index (χ1) is 7.61. The lowest BCUT2D eigenvalue weighted by Gasteiger charge is -2.20. The van der Waals surface area contributed by atoms with Gasteiger partial charge in [-0.2, -0.15) is 5.10 Å². The molecule has 4 heteroatoms. The Kier molecular flexibility index (Phi) is 3.28. The van der Waals surface area contributed by atoms with Gasteiger partial charge in [-0.1, -0.05) is 12.8 Å². The van der Waals surface area contributed by atoms with Crippen molar-refractivity contribution in [3.63, 3.8) is 0 Å². The number of H-pyrrole nitrogens is 1. The lowest BCUT2D eigenvalue weighted by Crippen LogP contribution is -2.26. The van der Waals surface area contributed by atoms with Crippen molar-refractivity contribution in [2.24, 2.45) is 0 Å². The third-order valence-corrected chi connectivity index (χ3v) is 3.42. The van der Waals surface area contributed by atoms with Crippen molar-refractivity contribution >= 4 is 0 Å². The van der Waals surface area contributed by atoms with Crippen LogP contribution in [-0.4, -0.2) is 27.9 Å². The van der Waals surface area contributed by atoms with Gasteiger partial charge in [0, 0.05) is 19.4 Å². The molecule has 1 aromatic heterocycles. The van der Waals surface area contributed by atoms with Crippen molar-refractivity contribution in [1.82, 2.24) is 15.2 Å². The molecule has 2 rings (SSSR count). The smallest absolute Gasteiger partial charge is 0.153 e. The third-order valence-electron chi connectivity index (χ3n) is 3.42. The number of hydrogen-bond donors (Lipinski definition) is 1. The second kappa shape index (κ2) is 4.53. The molecule has 1 N–H and O–H groups in total. The van der Waals surface area contributed by atoms with Crippen LogP contribution >= 0.6 is 0 Å². The van der Waals surface area contributed by atoms with Gasteiger partial charge in [0.1, 0.15) is 5.82 Å². The van der Waals surface area contributed by atoms with Crippen molar-refractivity contribution in [1.29, 1.82) is 0 Å². The zero-order chi connectivity index (χ0) is 11.6. The predicted octanol–water partition coefficient (Wildman–Crippen LogP) is 2.43. The standard InChI is InChI=1S/C12H21N3O/c1-12(2,16-3)8-10-13-11(15-14-10)9-6-4-5-7-9/h9H,4-8H2,1-3H3,(H,13,14,15). The van der Waals surface area contributed by atoms with Crippen LogP contribution in [0.15, 0.2) is 0 Å². The van der Waals surface area contributed by atoms with E-state index in [1.807, 2.05) is 0 Å². The van der Waals surface area contributed by atoms with Crippen LogP contribution in [0.5, 0.6) is 0 Å². The van der Waals surface area contributed by atoms with Crippen LogP contribution < -0.4 is 0 Å². The predicted molar refractivity (Wildman–Crippen MR) is 62.4 cm³/mol. The lowest BCUT2D eigenvalue weighted by atomic mass is 10.0. The van der Waals surface area contributed by atoms with Crippen LogP contribution in [0.4, 0.5) is 0 Å². The molecule has 1 aliphatic carbocycles. The average Bonchev–Trinajstić information content (AvgIpc) is 2.86. The van der Waals surface area contributed by atoms with Gasteiger partial charge in [0.25, 0.3) is 0 Å². The fourth-order valence-corrected chi connectivity index (χ4v) is 2.23. The summed E-state index contributed by atoms with van der Waals surface area (Å²) < 4.78 is 5.39. The van der Waals surface area contributed by atoms with Gasteiger partial charge >= 0.3 is 0 Å². The second-order valence-electron chi connectivity index (χ2n) is 5.26. The first-order valence-corrected chi connectivity index (χ1v) is 6.07. The minimum Gasteiger partial charge on any atom is -0.378 e. The van der Waals surface area contributed by atoms with Gasteiger partial charge in [0.2, 0.25) is 0 Å². The number of aromatic nitrogens is 3. The number of nitrogens with one attached hydrogen (secondary N) is 1. The van der Waals surface area contributed by atoms with E-state index in [1.165, 1.54) is 25.7 Å². The lowest BCUT2D eigenvalue weighted by molar-refractivity contribution is 0.0216. The van der Waals surface area contributed by atoms with E-state index in [0.29, 0.717) is 5.92 Å². The number of methoxy groups -OCH3 is 1. The first kappa shape index (κ1) is 11.6. The summed E-state index contributed by atoms with van der Waals surface area (Å²) in [6.07, 6.45) is 5.90. The molecule has 0 aromatic carbocycles. The molecule has 0 bridgehead atoms. The highest BCUT2D eigenvalue weighted by molar-refractivity contribution is 5.01. The number of aromatic amines is 1. The molecule has 0 saturated heterocycles. The molecule has 0 aliphatic heterocycles. The van der Waals surface area contributed by atoms with Crippen LogP contribution in [0.2, 0.25) is 0 Å². The van der Waals surface area contributed by atoms with E-state index < -0.39 is 0 Å². The second-order valence-corrected chi connectivity index (χ2v) is 5.26. The highest BCUT2D eigenvalue weighted by Gasteiger charge is 2.23. The number of rotatable bonds is 4. The summed E-state index contributed by atoms with van der Waals surface area (Å²) in [5.41, 5.74) is -0.174. The third kappa shape index (κ3) is 2.61. The average molecular weight is 223 g/mol. The molecular formula is C12H21N3O. The van der Waals surface area contributed by atoms with Gasteiger partial charge < -0.3 is 4.74 Å². The molecule has 0 radical (unpaired) electrons. The van der Waals surface area contributed by atoms with Crippen LogP contribution in [-0.2, 0) is 11.2 Å². The number of nitrogens with zero attached hydrogens (tertiary/aromatic N) is 2. The van der Waals surface area contributed by atoms with Crippen molar-refractivity contribution in [3.05, 3.63) is 11.6 Å². The van der Waals surface area contributed by atoms with Crippen molar-refractivity contribution in [3.8, 4) is 0 Å². The molecule has 16 heavy (non-hydrogen) atoms. The zero-order valence-corrected chi connectivity index (χ0v) is 10.4. The topological polar surface area (TPSA) is 50.8 Å². The molecule has 1 fully saturated rings. The van der Waals surface area contributed by atoms with E-state index in [9.17, 15) is 0 Å². The van der Waals surface area contributed by atoms with Crippen LogP contribution in [0.3, 0.4) is 0 Å². The van der Waals surface area contributed by atoms with Gasteiger partial charge in [-0.15, -0.1) is 0 Å². The van der Waals surface area contributed by atoms with E-state index in [1.54, 1.807) is 7.11 Å². The number of ether oxygens (including phenoxy) is 1. The fourth-order valence-electron chi connectivity index (χ4n) is 2.23. The van der Waals surface area contributed by atoms with E-state index in [4.69, 9.17) is 4.74 Å². The highest BCUT2D eigenvalue weighted by atomic mass is 16.5. The molecule has 1 heterocycles. The summed E-state index contributed by atoms with van der Waals surface area (Å²) in [6, 6.07) is 0. The minimum atomic E-state index is -0.174. The van der Waals surface area contributed by atoms with E-state index in [2.05, 4.69) is 29.0 Å². The summed E-state index contributed by atoms with van der Waals surface area (Å²) in [6.45, 7) is 4.12. The summed E-state index contributed by atoms with van der Waals surface area (Å²) in [4.78, 5) is 4.58. The maximum Gasteiger partial charge on any atom is 0.153 e. The first-order valence-electron chi connectivity index (χ1n) is 6.07. The van der Waals surface area contributed by atoms with Gasteiger partial charge in [-0.3, -0.25) is 5.10 Å². The quantitative estimate of drug-likeness (QED) is 0.853. The van der Waals surface area contributed by atoms with E-state index in [0.717, 1.165) is 18.1 Å². The highest BCUT2D eigenvalue weighted by Crippen LogP contribution is 2.32. The molecule has 1 aromatic rings. The Hall–Kier alpha value is -0.900. The Morgan fingerprint density at radius 2 is 2.06 bits per heavy atom. The van der Waals surface area contributed by atoms with E-state index in [-0.39, 0.29) is 5.60 Å². The molecule has 1 saturated carbocycles. The van der Waals surface area contributed by atoms with Gasteiger partial charge in [-0.25, -0.2) is 4.98 Å². The van der Waals surface area contributed by atoms with Gasteiger partial charge in [-0.05, 0) is 26.7 Å². The molecule has 90 valence electrons. The van der Waals surface area contributed by atoms with E-state index >= 15 is 0 Å². The molecule has 0 atom stereocenters. The van der Waals surface area contributed by atoms with Crippen LogP contribution in [0, 0.1) is 0 Å². The zero-order valence-electron chi connectivity index (χ0n) is 10.4. The monoisotopic (exact) mass is 223 g/mol. The Bertz CT molecular complexity index is 340. The van der Waals surface area contributed by atoms with Gasteiger partial charge in [0.05, 0.1) is 5.60 Å². The Morgan fingerprint density at radius 3 is 2.69 bits per heavy atom. The van der Waals surface area contributed by atoms with Crippen molar-refractivity contribution < 1.29 is 4.74 Å². The normalized spacial score (nSPS) is 18.2. The molecule has 4 nitrogen and oxygen atoms in total. The van der Waals surface area contributed by atoms with Crippen molar-refractivity contribution in [2.45, 2.75) is 57.5 Å². The fraction of sp³-hybridized carbons (Fsp3) is 0.833. The van der Waals surface area contributed by atoms with Gasteiger partial charge in [0.15, 0.2) is 5.82 Å². The Labute approximate surface area is 96.8 Å². The Balaban J connectivity index is 2.01. The maximum absolute atomic E-state index is 5.39. The van der Waals surface area contributed by atoms with Crippen molar-refractivity contribution in [2.75, 3.05) is 7.11 Å². The maximum atomic E-state index is 5.39. The number of hydrogen-bond acceptors (Lipinski definition) is 3. The molecular weight excluding hydrogens is 202 g/mol. The van der Waals surface area contributed by atoms with Crippen LogP contribution in [0.1, 0.15) is 57.1 Å². The molecule has 0 unspecified atom stereocenters. The molecule has 0 amide bonds. The molecule has 0 spiro atoms. The largest absolute Gasteiger partial charge is 0.378 e. The summed E-state index contributed by atoms with van der Waals surface area (Å²) >= 11 is 0. The summed E-state index contributed by atoms with van der Waals surface area (Å²) in [7, 11) is 1.73. The SMILES string of the molecule is COC(C)(C)Cc1nc(C2CCCC2)n[nH]1. The summed E-state index contributed by atoms with van der Waals surface area (Å²) in [5, 5.41) is 7.36.